The van der Waals surface area contributed by atoms with E-state index in [4.69, 9.17) is 5.11 Å². The maximum absolute atomic E-state index is 10.1. The van der Waals surface area contributed by atoms with Crippen molar-refractivity contribution >= 4 is 16.4 Å². The molecule has 1 N–H and O–H groups in total. The average Bonchev–Trinajstić information content (AvgIpc) is 2.43. The predicted octanol–water partition coefficient (Wildman–Crippen LogP) is -4.88. The predicted molar refractivity (Wildman–Crippen MR) is 79.6 cm³/mol. The summed E-state index contributed by atoms with van der Waals surface area (Å²) in [7, 11) is -4.60. The quantitative estimate of drug-likeness (QED) is 0.146. The summed E-state index contributed by atoms with van der Waals surface area (Å²) in [4.78, 5) is 10.1. The van der Waals surface area contributed by atoms with Crippen LogP contribution in [-0.4, -0.2) is 37.3 Å². The molecule has 0 aliphatic heterocycles. The summed E-state index contributed by atoms with van der Waals surface area (Å²) >= 11 is 0. The monoisotopic (exact) mass is 386 g/mol. The van der Waals surface area contributed by atoms with Crippen LogP contribution in [0.4, 0.5) is 0 Å². The summed E-state index contributed by atoms with van der Waals surface area (Å²) in [6, 6.07) is 0. The standard InChI is InChI=1S/C12H24O2.C2H6O5S.2Na/c1-2-3-4-5-6-7-8-9-10-11-12(13)14;3-1-2-7-8(4,5)6;;/h2-11H2,1H3,(H,13,14);3H,1-2H2,(H,4,5,6);;/q;;2*+1/p-2. The number of hydrogen-bond acceptors (Lipinski definition) is 7. The topological polar surface area (TPSA) is 127 Å². The zero-order chi connectivity index (χ0) is 17.3. The van der Waals surface area contributed by atoms with Gasteiger partial charge in [-0.2, -0.15) is 0 Å². The van der Waals surface area contributed by atoms with Gasteiger partial charge in [0, 0.05) is 5.97 Å². The van der Waals surface area contributed by atoms with E-state index in [9.17, 15) is 22.9 Å². The Hall–Kier alpha value is 1.30. The molecule has 0 bridgehead atoms. The SMILES string of the molecule is CCCCCCCCCCCC(=O)[O-].O=S(=O)([O-])OCCO.[Na+].[Na+]. The largest absolute Gasteiger partial charge is 1.00 e. The molecule has 24 heavy (non-hydrogen) atoms. The van der Waals surface area contributed by atoms with E-state index in [2.05, 4.69) is 11.1 Å². The van der Waals surface area contributed by atoms with Gasteiger partial charge in [0.1, 0.15) is 0 Å². The first kappa shape index (κ1) is 32.9. The second-order valence-electron chi connectivity index (χ2n) is 4.90. The minimum atomic E-state index is -4.60. The van der Waals surface area contributed by atoms with Crippen LogP contribution in [0.25, 0.3) is 0 Å². The normalized spacial score (nSPS) is 9.96. The maximum Gasteiger partial charge on any atom is 1.00 e. The Balaban J connectivity index is -0.000000174. The molecular weight excluding hydrogens is 358 g/mol. The number of unbranched alkanes of at least 4 members (excludes halogenated alkanes) is 8. The van der Waals surface area contributed by atoms with Crippen LogP contribution in [0.1, 0.15) is 71.1 Å². The third-order valence-electron chi connectivity index (χ3n) is 2.80. The molecule has 0 unspecified atom stereocenters. The molecule has 0 aliphatic rings. The zero-order valence-corrected chi connectivity index (χ0v) is 20.1. The van der Waals surface area contributed by atoms with Gasteiger partial charge in [-0.25, -0.2) is 8.42 Å². The summed E-state index contributed by atoms with van der Waals surface area (Å²) in [6.07, 6.45) is 11.2. The van der Waals surface area contributed by atoms with E-state index < -0.39 is 29.6 Å². The van der Waals surface area contributed by atoms with Gasteiger partial charge in [0.25, 0.3) is 0 Å². The van der Waals surface area contributed by atoms with Gasteiger partial charge in [-0.15, -0.1) is 0 Å². The summed E-state index contributed by atoms with van der Waals surface area (Å²) < 4.78 is 32.0. The van der Waals surface area contributed by atoms with Crippen molar-refractivity contribution in [3.63, 3.8) is 0 Å². The molecule has 0 aromatic heterocycles. The van der Waals surface area contributed by atoms with Gasteiger partial charge in [0.15, 0.2) is 0 Å². The number of aliphatic hydroxyl groups excluding tert-OH is 1. The minimum Gasteiger partial charge on any atom is -0.726 e. The van der Waals surface area contributed by atoms with Crippen LogP contribution >= 0.6 is 0 Å². The van der Waals surface area contributed by atoms with Crippen molar-refractivity contribution < 1.29 is 91.3 Å². The number of hydrogen-bond donors (Lipinski definition) is 1. The molecular formula is C14H28Na2O7S. The molecule has 10 heteroatoms. The number of aliphatic hydroxyl groups is 1. The molecule has 0 atom stereocenters. The van der Waals surface area contributed by atoms with Gasteiger partial charge < -0.3 is 19.6 Å². The van der Waals surface area contributed by atoms with E-state index in [1.165, 1.54) is 44.9 Å². The minimum absolute atomic E-state index is 0. The Kier molecular flexibility index (Phi) is 33.3. The van der Waals surface area contributed by atoms with Crippen LogP contribution in [0, 0.1) is 0 Å². The first-order valence-electron chi connectivity index (χ1n) is 7.74. The van der Waals surface area contributed by atoms with Crippen molar-refractivity contribution in [1.29, 1.82) is 0 Å². The number of carboxylic acid groups (broad SMARTS) is 1. The van der Waals surface area contributed by atoms with E-state index >= 15 is 0 Å². The van der Waals surface area contributed by atoms with Crippen LogP contribution in [-0.2, 0) is 19.4 Å². The fraction of sp³-hybridized carbons (Fsp3) is 0.929. The van der Waals surface area contributed by atoms with E-state index in [0.717, 1.165) is 12.8 Å². The molecule has 0 saturated heterocycles. The summed E-state index contributed by atoms with van der Waals surface area (Å²) in [5.74, 6) is -0.909. The third kappa shape index (κ3) is 38.7. The number of aliphatic carboxylic acids is 1. The van der Waals surface area contributed by atoms with Gasteiger partial charge in [-0.05, 0) is 12.8 Å². The fourth-order valence-corrected chi connectivity index (χ4v) is 2.00. The fourth-order valence-electron chi connectivity index (χ4n) is 1.72. The number of carboxylic acids is 1. The van der Waals surface area contributed by atoms with E-state index in [-0.39, 0.29) is 65.5 Å². The second kappa shape index (κ2) is 24.3. The molecule has 7 nitrogen and oxygen atoms in total. The maximum atomic E-state index is 10.1. The average molecular weight is 386 g/mol. The Labute approximate surface area is 190 Å². The first-order chi connectivity index (χ1) is 10.3. The molecule has 0 aliphatic carbocycles. The Bertz CT molecular complexity index is 351. The smallest absolute Gasteiger partial charge is 0.726 e. The van der Waals surface area contributed by atoms with Gasteiger partial charge in [-0.1, -0.05) is 58.3 Å². The van der Waals surface area contributed by atoms with Gasteiger partial charge >= 0.3 is 59.1 Å². The van der Waals surface area contributed by atoms with Crippen molar-refractivity contribution in [1.82, 2.24) is 0 Å². The van der Waals surface area contributed by atoms with Crippen molar-refractivity contribution in [2.45, 2.75) is 71.1 Å². The van der Waals surface area contributed by atoms with Gasteiger partial charge in [-0.3, -0.25) is 4.18 Å². The summed E-state index contributed by atoms with van der Waals surface area (Å²) in [5.41, 5.74) is 0. The van der Waals surface area contributed by atoms with Crippen LogP contribution in [0.3, 0.4) is 0 Å². The van der Waals surface area contributed by atoms with E-state index in [1.807, 2.05) is 0 Å². The van der Waals surface area contributed by atoms with Crippen LogP contribution < -0.4 is 64.2 Å². The van der Waals surface area contributed by atoms with Gasteiger partial charge in [0.2, 0.25) is 10.4 Å². The second-order valence-corrected chi connectivity index (χ2v) is 5.96. The number of rotatable bonds is 13. The van der Waals surface area contributed by atoms with Crippen LogP contribution in [0.2, 0.25) is 0 Å². The van der Waals surface area contributed by atoms with Gasteiger partial charge in [0.05, 0.1) is 13.2 Å². The summed E-state index contributed by atoms with van der Waals surface area (Å²) in [6.45, 7) is 1.28. The third-order valence-corrected chi connectivity index (χ3v) is 3.26. The van der Waals surface area contributed by atoms with Crippen molar-refractivity contribution in [2.24, 2.45) is 0 Å². The zero-order valence-electron chi connectivity index (χ0n) is 15.3. The van der Waals surface area contributed by atoms with Crippen LogP contribution in [0.15, 0.2) is 0 Å². The number of carbonyl (C=O) groups is 1. The number of carbonyl (C=O) groups excluding carboxylic acids is 1. The molecule has 0 aromatic carbocycles. The molecule has 0 radical (unpaired) electrons. The Morgan fingerprint density at radius 1 is 0.958 bits per heavy atom. The first-order valence-corrected chi connectivity index (χ1v) is 9.07. The molecule has 134 valence electrons. The van der Waals surface area contributed by atoms with Crippen molar-refractivity contribution in [3.05, 3.63) is 0 Å². The van der Waals surface area contributed by atoms with Crippen LogP contribution in [0.5, 0.6) is 0 Å². The molecule has 0 fully saturated rings. The van der Waals surface area contributed by atoms with Crippen molar-refractivity contribution in [2.75, 3.05) is 13.2 Å². The molecule has 0 saturated carbocycles. The molecule has 0 amide bonds. The molecule has 0 aromatic rings. The summed E-state index contributed by atoms with van der Waals surface area (Å²) in [5, 5.41) is 18.0. The van der Waals surface area contributed by atoms with E-state index in [0.29, 0.717) is 0 Å². The van der Waals surface area contributed by atoms with E-state index in [1.54, 1.807) is 0 Å². The Morgan fingerprint density at radius 3 is 1.67 bits per heavy atom. The molecule has 0 heterocycles. The molecule has 0 spiro atoms. The molecule has 0 rings (SSSR count). The Morgan fingerprint density at radius 2 is 1.38 bits per heavy atom. The van der Waals surface area contributed by atoms with Crippen molar-refractivity contribution in [3.8, 4) is 0 Å².